The number of rotatable bonds is 3. The summed E-state index contributed by atoms with van der Waals surface area (Å²) in [4.78, 5) is 35.9. The molecule has 0 aliphatic rings. The smallest absolute Gasteiger partial charge is 0.356 e. The van der Waals surface area contributed by atoms with Gasteiger partial charge in [0, 0.05) is 11.6 Å². The van der Waals surface area contributed by atoms with Crippen LogP contribution in [0.1, 0.15) is 26.4 Å². The molecule has 0 radical (unpaired) electrons. The van der Waals surface area contributed by atoms with Crippen molar-refractivity contribution in [2.24, 2.45) is 0 Å². The molecule has 108 valence electrons. The van der Waals surface area contributed by atoms with Crippen molar-refractivity contribution < 1.29 is 24.9 Å². The quantitative estimate of drug-likeness (QED) is 0.677. The highest BCUT2D eigenvalue weighted by molar-refractivity contribution is 5.90. The number of hydrogen-bond donors (Lipinski definition) is 4. The molecule has 0 saturated carbocycles. The van der Waals surface area contributed by atoms with Crippen molar-refractivity contribution in [1.29, 1.82) is 0 Å². The van der Waals surface area contributed by atoms with Gasteiger partial charge in [-0.3, -0.25) is 4.79 Å². The maximum Gasteiger partial charge on any atom is 0.356 e. The molecule has 0 spiro atoms. The number of hydrogen-bond acceptors (Lipinski definition) is 4. The van der Waals surface area contributed by atoms with E-state index < -0.39 is 28.8 Å². The number of benzene rings is 1. The van der Waals surface area contributed by atoms with Crippen LogP contribution in [0.4, 0.5) is 0 Å². The Bertz CT molecular complexity index is 806. The van der Waals surface area contributed by atoms with Crippen LogP contribution >= 0.6 is 0 Å². The standard InChI is InChI=1S/C14H11NO6/c1-6-4-7(13(18)19)2-3-8(6)9-5-10(16)12(17)11(15-9)14(20)21/h2-5,17H,1H3,(H,15,16)(H,18,19)(H,20,21). The zero-order chi connectivity index (χ0) is 15.7. The summed E-state index contributed by atoms with van der Waals surface area (Å²) in [7, 11) is 0. The first kappa shape index (κ1) is 14.3. The molecular weight excluding hydrogens is 278 g/mol. The summed E-state index contributed by atoms with van der Waals surface area (Å²) >= 11 is 0. The third-order valence-electron chi connectivity index (χ3n) is 2.98. The fourth-order valence-corrected chi connectivity index (χ4v) is 1.95. The lowest BCUT2D eigenvalue weighted by Gasteiger charge is -2.09. The Morgan fingerprint density at radius 1 is 1.10 bits per heavy atom. The second-order valence-corrected chi connectivity index (χ2v) is 4.41. The number of aromatic nitrogens is 1. The van der Waals surface area contributed by atoms with Crippen molar-refractivity contribution in [3.63, 3.8) is 0 Å². The van der Waals surface area contributed by atoms with E-state index in [9.17, 15) is 19.5 Å². The first-order chi connectivity index (χ1) is 9.81. The number of aromatic hydroxyl groups is 1. The Balaban J connectivity index is 2.65. The van der Waals surface area contributed by atoms with E-state index in [1.807, 2.05) is 0 Å². The van der Waals surface area contributed by atoms with Crippen LogP contribution in [0, 0.1) is 6.92 Å². The summed E-state index contributed by atoms with van der Waals surface area (Å²) in [6.07, 6.45) is 0. The van der Waals surface area contributed by atoms with Gasteiger partial charge in [0.15, 0.2) is 11.4 Å². The Morgan fingerprint density at radius 3 is 2.29 bits per heavy atom. The molecule has 0 amide bonds. The van der Waals surface area contributed by atoms with Crippen LogP contribution in [0.15, 0.2) is 29.1 Å². The summed E-state index contributed by atoms with van der Waals surface area (Å²) < 4.78 is 0. The Hall–Kier alpha value is -3.09. The van der Waals surface area contributed by atoms with Crippen molar-refractivity contribution in [2.75, 3.05) is 0 Å². The molecule has 0 atom stereocenters. The zero-order valence-corrected chi connectivity index (χ0v) is 10.9. The van der Waals surface area contributed by atoms with Crippen LogP contribution in [0.25, 0.3) is 11.3 Å². The lowest BCUT2D eigenvalue weighted by molar-refractivity contribution is 0.0680. The summed E-state index contributed by atoms with van der Waals surface area (Å²) in [6.45, 7) is 1.63. The average molecular weight is 289 g/mol. The highest BCUT2D eigenvalue weighted by Gasteiger charge is 2.16. The van der Waals surface area contributed by atoms with E-state index in [-0.39, 0.29) is 11.3 Å². The van der Waals surface area contributed by atoms with E-state index in [0.717, 1.165) is 6.07 Å². The second-order valence-electron chi connectivity index (χ2n) is 4.41. The van der Waals surface area contributed by atoms with E-state index in [1.165, 1.54) is 18.2 Å². The first-order valence-electron chi connectivity index (χ1n) is 5.85. The van der Waals surface area contributed by atoms with Gasteiger partial charge in [-0.15, -0.1) is 0 Å². The molecular formula is C14H11NO6. The molecule has 0 saturated heterocycles. The van der Waals surface area contributed by atoms with Crippen LogP contribution in [0.5, 0.6) is 5.75 Å². The highest BCUT2D eigenvalue weighted by Crippen LogP contribution is 2.23. The maximum absolute atomic E-state index is 11.6. The van der Waals surface area contributed by atoms with Crippen molar-refractivity contribution in [3.8, 4) is 17.0 Å². The topological polar surface area (TPSA) is 128 Å². The van der Waals surface area contributed by atoms with Gasteiger partial charge in [0.2, 0.25) is 5.43 Å². The predicted molar refractivity (Wildman–Crippen MR) is 72.8 cm³/mol. The van der Waals surface area contributed by atoms with Gasteiger partial charge in [0.1, 0.15) is 0 Å². The van der Waals surface area contributed by atoms with Gasteiger partial charge in [0.05, 0.1) is 11.3 Å². The minimum absolute atomic E-state index is 0.0795. The molecule has 4 N–H and O–H groups in total. The third-order valence-corrected chi connectivity index (χ3v) is 2.98. The Labute approximate surface area is 118 Å². The van der Waals surface area contributed by atoms with Crippen LogP contribution in [-0.2, 0) is 0 Å². The number of nitrogens with one attached hydrogen (secondary N) is 1. The SMILES string of the molecule is Cc1cc(C(=O)O)ccc1-c1cc(=O)c(O)c(C(=O)O)[nH]1. The average Bonchev–Trinajstić information content (AvgIpc) is 2.41. The molecule has 0 unspecified atom stereocenters. The molecule has 21 heavy (non-hydrogen) atoms. The van der Waals surface area contributed by atoms with Gasteiger partial charge in [-0.25, -0.2) is 9.59 Å². The lowest BCUT2D eigenvalue weighted by Crippen LogP contribution is -2.11. The van der Waals surface area contributed by atoms with E-state index >= 15 is 0 Å². The molecule has 0 fully saturated rings. The fraction of sp³-hybridized carbons (Fsp3) is 0.0714. The van der Waals surface area contributed by atoms with Crippen molar-refractivity contribution in [1.82, 2.24) is 4.98 Å². The molecule has 0 aliphatic carbocycles. The normalized spacial score (nSPS) is 10.3. The number of pyridine rings is 1. The molecule has 7 nitrogen and oxygen atoms in total. The van der Waals surface area contributed by atoms with Gasteiger partial charge in [-0.05, 0) is 24.6 Å². The largest absolute Gasteiger partial charge is 0.502 e. The van der Waals surface area contributed by atoms with Crippen LogP contribution in [-0.4, -0.2) is 32.2 Å². The molecule has 1 heterocycles. The fourth-order valence-electron chi connectivity index (χ4n) is 1.95. The third kappa shape index (κ3) is 2.62. The van der Waals surface area contributed by atoms with Gasteiger partial charge >= 0.3 is 11.9 Å². The lowest BCUT2D eigenvalue weighted by atomic mass is 10.0. The predicted octanol–water partition coefficient (Wildman–Crippen LogP) is 1.45. The molecule has 1 aromatic heterocycles. The number of H-pyrrole nitrogens is 1. The molecule has 1 aromatic carbocycles. The van der Waals surface area contributed by atoms with E-state index in [4.69, 9.17) is 10.2 Å². The summed E-state index contributed by atoms with van der Waals surface area (Å²) in [5, 5.41) is 27.3. The van der Waals surface area contributed by atoms with Crippen LogP contribution in [0.2, 0.25) is 0 Å². The number of aromatic amines is 1. The van der Waals surface area contributed by atoms with Crippen molar-refractivity contribution in [2.45, 2.75) is 6.92 Å². The molecule has 0 aliphatic heterocycles. The Kier molecular flexibility index (Phi) is 3.49. The number of carbonyl (C=O) groups is 2. The van der Waals surface area contributed by atoms with Crippen LogP contribution < -0.4 is 5.43 Å². The summed E-state index contributed by atoms with van der Waals surface area (Å²) in [6, 6.07) is 5.27. The monoisotopic (exact) mass is 289 g/mol. The van der Waals surface area contributed by atoms with Crippen LogP contribution in [0.3, 0.4) is 0 Å². The van der Waals surface area contributed by atoms with E-state index in [2.05, 4.69) is 4.98 Å². The number of aromatic carboxylic acids is 2. The van der Waals surface area contributed by atoms with Gasteiger partial charge < -0.3 is 20.3 Å². The van der Waals surface area contributed by atoms with E-state index in [0.29, 0.717) is 11.1 Å². The zero-order valence-electron chi connectivity index (χ0n) is 10.9. The summed E-state index contributed by atoms with van der Waals surface area (Å²) in [5.74, 6) is -3.42. The van der Waals surface area contributed by atoms with Gasteiger partial charge in [-0.1, -0.05) is 6.07 Å². The Morgan fingerprint density at radius 2 is 1.76 bits per heavy atom. The molecule has 2 rings (SSSR count). The minimum Gasteiger partial charge on any atom is -0.502 e. The number of carboxylic acids is 2. The van der Waals surface area contributed by atoms with Crippen molar-refractivity contribution in [3.05, 3.63) is 51.3 Å². The summed E-state index contributed by atoms with van der Waals surface area (Å²) in [5.41, 5.74) is -0.158. The molecule has 2 aromatic rings. The highest BCUT2D eigenvalue weighted by atomic mass is 16.4. The van der Waals surface area contributed by atoms with Crippen molar-refractivity contribution >= 4 is 11.9 Å². The number of aryl methyl sites for hydroxylation is 1. The molecule has 0 bridgehead atoms. The maximum atomic E-state index is 11.6. The van der Waals surface area contributed by atoms with E-state index in [1.54, 1.807) is 6.92 Å². The van der Waals surface area contributed by atoms with Gasteiger partial charge in [0.25, 0.3) is 0 Å². The first-order valence-corrected chi connectivity index (χ1v) is 5.85. The molecule has 7 heteroatoms. The van der Waals surface area contributed by atoms with Gasteiger partial charge in [-0.2, -0.15) is 0 Å². The second kappa shape index (κ2) is 5.12. The minimum atomic E-state index is -1.47. The number of carboxylic acid groups (broad SMARTS) is 2.